The summed E-state index contributed by atoms with van der Waals surface area (Å²) in [6.45, 7) is 0.665. The SMILES string of the molecule is OCCCCCCNc1cc(F)c(F)cc1F. The van der Waals surface area contributed by atoms with E-state index in [9.17, 15) is 13.2 Å². The molecule has 1 rings (SSSR count). The number of anilines is 1. The summed E-state index contributed by atoms with van der Waals surface area (Å²) in [5.74, 6) is -3.04. The van der Waals surface area contributed by atoms with Gasteiger partial charge in [-0.05, 0) is 12.8 Å². The molecule has 0 amide bonds. The lowest BCUT2D eigenvalue weighted by atomic mass is 10.2. The molecular weight excluding hydrogens is 231 g/mol. The van der Waals surface area contributed by atoms with Crippen LogP contribution in [0.5, 0.6) is 0 Å². The molecule has 0 aliphatic carbocycles. The van der Waals surface area contributed by atoms with Gasteiger partial charge >= 0.3 is 0 Å². The van der Waals surface area contributed by atoms with Crippen LogP contribution >= 0.6 is 0 Å². The Kier molecular flexibility index (Phi) is 5.83. The van der Waals surface area contributed by atoms with E-state index in [0.717, 1.165) is 31.7 Å². The lowest BCUT2D eigenvalue weighted by molar-refractivity contribution is 0.283. The summed E-state index contributed by atoms with van der Waals surface area (Å²) in [7, 11) is 0. The van der Waals surface area contributed by atoms with Crippen molar-refractivity contribution < 1.29 is 18.3 Å². The number of aliphatic hydroxyl groups is 1. The van der Waals surface area contributed by atoms with Gasteiger partial charge in [-0.15, -0.1) is 0 Å². The van der Waals surface area contributed by atoms with Gasteiger partial charge in [0, 0.05) is 25.3 Å². The van der Waals surface area contributed by atoms with Gasteiger partial charge in [0.2, 0.25) is 0 Å². The quantitative estimate of drug-likeness (QED) is 0.573. The number of benzene rings is 1. The van der Waals surface area contributed by atoms with Gasteiger partial charge in [0.25, 0.3) is 0 Å². The fourth-order valence-electron chi connectivity index (χ4n) is 1.47. The topological polar surface area (TPSA) is 32.3 Å². The molecule has 96 valence electrons. The molecule has 0 heterocycles. The molecule has 1 aromatic carbocycles. The van der Waals surface area contributed by atoms with Gasteiger partial charge in [-0.3, -0.25) is 0 Å². The van der Waals surface area contributed by atoms with E-state index in [-0.39, 0.29) is 12.3 Å². The minimum atomic E-state index is -1.18. The predicted molar refractivity (Wildman–Crippen MR) is 60.4 cm³/mol. The summed E-state index contributed by atoms with van der Waals surface area (Å²) in [6, 6.07) is 1.35. The van der Waals surface area contributed by atoms with Crippen LogP contribution in [0.2, 0.25) is 0 Å². The Labute approximate surface area is 98.5 Å². The van der Waals surface area contributed by atoms with E-state index >= 15 is 0 Å². The van der Waals surface area contributed by atoms with Gasteiger partial charge in [0.15, 0.2) is 11.6 Å². The van der Waals surface area contributed by atoms with Crippen molar-refractivity contribution in [2.45, 2.75) is 25.7 Å². The van der Waals surface area contributed by atoms with Crippen LogP contribution in [0.25, 0.3) is 0 Å². The molecule has 0 saturated heterocycles. The molecule has 0 aliphatic heterocycles. The monoisotopic (exact) mass is 247 g/mol. The van der Waals surface area contributed by atoms with Crippen LogP contribution in [-0.2, 0) is 0 Å². The van der Waals surface area contributed by atoms with Crippen LogP contribution in [0.4, 0.5) is 18.9 Å². The summed E-state index contributed by atoms with van der Waals surface area (Å²) in [4.78, 5) is 0. The van der Waals surface area contributed by atoms with Crippen molar-refractivity contribution in [3.05, 3.63) is 29.6 Å². The van der Waals surface area contributed by atoms with Crippen molar-refractivity contribution in [3.8, 4) is 0 Å². The zero-order valence-corrected chi connectivity index (χ0v) is 9.48. The minimum absolute atomic E-state index is 0.0222. The Morgan fingerprint density at radius 2 is 1.53 bits per heavy atom. The molecule has 2 N–H and O–H groups in total. The van der Waals surface area contributed by atoms with Crippen LogP contribution in [0.15, 0.2) is 12.1 Å². The van der Waals surface area contributed by atoms with Crippen molar-refractivity contribution in [2.24, 2.45) is 0 Å². The van der Waals surface area contributed by atoms with Crippen LogP contribution < -0.4 is 5.32 Å². The zero-order valence-electron chi connectivity index (χ0n) is 9.48. The summed E-state index contributed by atoms with van der Waals surface area (Å²) in [5.41, 5.74) is -0.0222. The zero-order chi connectivity index (χ0) is 12.7. The molecule has 0 unspecified atom stereocenters. The van der Waals surface area contributed by atoms with Crippen molar-refractivity contribution in [1.82, 2.24) is 0 Å². The minimum Gasteiger partial charge on any atom is -0.396 e. The van der Waals surface area contributed by atoms with E-state index in [1.807, 2.05) is 0 Å². The molecule has 0 radical (unpaired) electrons. The highest BCUT2D eigenvalue weighted by atomic mass is 19.2. The molecule has 17 heavy (non-hydrogen) atoms. The fraction of sp³-hybridized carbons (Fsp3) is 0.500. The van der Waals surface area contributed by atoms with Gasteiger partial charge in [0.1, 0.15) is 5.82 Å². The number of nitrogens with one attached hydrogen (secondary N) is 1. The lowest BCUT2D eigenvalue weighted by Crippen LogP contribution is -2.04. The van der Waals surface area contributed by atoms with Crippen LogP contribution in [0.1, 0.15) is 25.7 Å². The summed E-state index contributed by atoms with van der Waals surface area (Å²) in [6.07, 6.45) is 3.34. The van der Waals surface area contributed by atoms with Gasteiger partial charge < -0.3 is 10.4 Å². The fourth-order valence-corrected chi connectivity index (χ4v) is 1.47. The van der Waals surface area contributed by atoms with E-state index < -0.39 is 17.5 Å². The van der Waals surface area contributed by atoms with E-state index in [2.05, 4.69) is 5.32 Å². The summed E-state index contributed by atoms with van der Waals surface area (Å²) >= 11 is 0. The molecule has 0 bridgehead atoms. The molecule has 0 spiro atoms. The molecule has 0 aliphatic rings. The molecular formula is C12H16F3NO. The smallest absolute Gasteiger partial charge is 0.161 e. The Morgan fingerprint density at radius 3 is 2.24 bits per heavy atom. The third-order valence-corrected chi connectivity index (χ3v) is 2.41. The maximum atomic E-state index is 13.2. The largest absolute Gasteiger partial charge is 0.396 e. The third-order valence-electron chi connectivity index (χ3n) is 2.41. The Morgan fingerprint density at radius 1 is 0.882 bits per heavy atom. The summed E-state index contributed by atoms with van der Waals surface area (Å²) in [5, 5.41) is 11.3. The second-order valence-corrected chi connectivity index (χ2v) is 3.81. The Balaban J connectivity index is 2.34. The van der Waals surface area contributed by atoms with Crippen molar-refractivity contribution in [2.75, 3.05) is 18.5 Å². The maximum Gasteiger partial charge on any atom is 0.161 e. The van der Waals surface area contributed by atoms with Crippen LogP contribution in [-0.4, -0.2) is 18.3 Å². The first-order chi connectivity index (χ1) is 8.15. The van der Waals surface area contributed by atoms with Crippen molar-refractivity contribution >= 4 is 5.69 Å². The molecule has 0 saturated carbocycles. The first-order valence-corrected chi connectivity index (χ1v) is 5.64. The Bertz CT molecular complexity index is 358. The Hall–Kier alpha value is -1.23. The number of hydrogen-bond acceptors (Lipinski definition) is 2. The molecule has 2 nitrogen and oxygen atoms in total. The average molecular weight is 247 g/mol. The van der Waals surface area contributed by atoms with Gasteiger partial charge in [-0.25, -0.2) is 13.2 Å². The number of halogens is 3. The predicted octanol–water partition coefficient (Wildman–Crippen LogP) is 3.07. The molecule has 1 aromatic rings. The van der Waals surface area contributed by atoms with E-state index in [1.54, 1.807) is 0 Å². The highest BCUT2D eigenvalue weighted by molar-refractivity contribution is 5.45. The first kappa shape index (κ1) is 13.8. The van der Waals surface area contributed by atoms with E-state index in [4.69, 9.17) is 5.11 Å². The lowest BCUT2D eigenvalue weighted by Gasteiger charge is -2.07. The van der Waals surface area contributed by atoms with Crippen LogP contribution in [0.3, 0.4) is 0 Å². The normalized spacial score (nSPS) is 10.6. The van der Waals surface area contributed by atoms with Gasteiger partial charge in [-0.2, -0.15) is 0 Å². The van der Waals surface area contributed by atoms with Gasteiger partial charge in [0.05, 0.1) is 5.69 Å². The number of hydrogen-bond donors (Lipinski definition) is 2. The third kappa shape index (κ3) is 4.65. The number of aliphatic hydroxyl groups excluding tert-OH is 1. The number of unbranched alkanes of at least 4 members (excludes halogenated alkanes) is 3. The highest BCUT2D eigenvalue weighted by Crippen LogP contribution is 2.18. The first-order valence-electron chi connectivity index (χ1n) is 5.64. The highest BCUT2D eigenvalue weighted by Gasteiger charge is 2.08. The standard InChI is InChI=1S/C12H16F3NO/c13-9-7-11(15)12(8-10(9)14)16-5-3-1-2-4-6-17/h7-8,16-17H,1-6H2. The van der Waals surface area contributed by atoms with E-state index in [0.29, 0.717) is 12.6 Å². The van der Waals surface area contributed by atoms with E-state index in [1.165, 1.54) is 0 Å². The molecule has 0 fully saturated rings. The molecule has 5 heteroatoms. The molecule has 0 atom stereocenters. The van der Waals surface area contributed by atoms with Crippen molar-refractivity contribution in [1.29, 1.82) is 0 Å². The second kappa shape index (κ2) is 7.17. The maximum absolute atomic E-state index is 13.2. The van der Waals surface area contributed by atoms with Crippen LogP contribution in [0, 0.1) is 17.5 Å². The average Bonchev–Trinajstić information content (AvgIpc) is 2.30. The second-order valence-electron chi connectivity index (χ2n) is 3.81. The van der Waals surface area contributed by atoms with Crippen molar-refractivity contribution in [3.63, 3.8) is 0 Å². The summed E-state index contributed by atoms with van der Waals surface area (Å²) < 4.78 is 38.6. The van der Waals surface area contributed by atoms with Gasteiger partial charge in [-0.1, -0.05) is 12.8 Å². The molecule has 0 aromatic heterocycles. The number of rotatable bonds is 7.